The van der Waals surface area contributed by atoms with Gasteiger partial charge in [0.1, 0.15) is 17.3 Å². The second-order valence-electron chi connectivity index (χ2n) is 7.19. The van der Waals surface area contributed by atoms with Crippen molar-refractivity contribution in [1.29, 1.82) is 0 Å². The number of halogens is 3. The van der Waals surface area contributed by atoms with Crippen LogP contribution < -0.4 is 16.0 Å². The Morgan fingerprint density at radius 1 is 1.10 bits per heavy atom. The van der Waals surface area contributed by atoms with Gasteiger partial charge in [-0.1, -0.05) is 30.3 Å². The average molecular weight is 427 g/mol. The van der Waals surface area contributed by atoms with Crippen molar-refractivity contribution < 1.29 is 18.0 Å². The van der Waals surface area contributed by atoms with Gasteiger partial charge in [0.15, 0.2) is 0 Å². The van der Waals surface area contributed by atoms with Crippen molar-refractivity contribution in [3.63, 3.8) is 0 Å². The molecule has 0 radical (unpaired) electrons. The Labute approximate surface area is 176 Å². The number of benzene rings is 1. The summed E-state index contributed by atoms with van der Waals surface area (Å²) in [6, 6.07) is 14.8. The molecule has 0 unspecified atom stereocenters. The predicted molar refractivity (Wildman–Crippen MR) is 111 cm³/mol. The monoisotopic (exact) mass is 427 g/mol. The molecule has 1 aromatic carbocycles. The standard InChI is InChI=1S/C22H20F3N5O/c23-22(24,25)16-8-9-18(29-19(16)20(31)15-7-4-10-28-21(15)26)30-12-11-27-17(13-30)14-5-2-1-3-6-14/h1-10,17,27H,11-13H2,(H2,26,28)/t17-/m0/s1. The van der Waals surface area contributed by atoms with Gasteiger partial charge in [0.2, 0.25) is 5.78 Å². The van der Waals surface area contributed by atoms with E-state index in [1.165, 1.54) is 24.4 Å². The quantitative estimate of drug-likeness (QED) is 0.621. The number of nitrogens with two attached hydrogens (primary N) is 1. The molecule has 6 nitrogen and oxygen atoms in total. The van der Waals surface area contributed by atoms with Crippen LogP contribution in [0.5, 0.6) is 0 Å². The number of hydrogen-bond acceptors (Lipinski definition) is 6. The first kappa shape index (κ1) is 20.8. The van der Waals surface area contributed by atoms with Crippen LogP contribution >= 0.6 is 0 Å². The Kier molecular flexibility index (Phi) is 5.60. The molecule has 3 N–H and O–H groups in total. The zero-order valence-electron chi connectivity index (χ0n) is 16.4. The Morgan fingerprint density at radius 3 is 2.58 bits per heavy atom. The molecule has 31 heavy (non-hydrogen) atoms. The summed E-state index contributed by atoms with van der Waals surface area (Å²) in [5, 5.41) is 3.40. The van der Waals surface area contributed by atoms with E-state index in [4.69, 9.17) is 5.73 Å². The van der Waals surface area contributed by atoms with Crippen LogP contribution in [0.3, 0.4) is 0 Å². The van der Waals surface area contributed by atoms with Crippen molar-refractivity contribution >= 4 is 17.4 Å². The summed E-state index contributed by atoms with van der Waals surface area (Å²) >= 11 is 0. The molecule has 3 aromatic rings. The van der Waals surface area contributed by atoms with Gasteiger partial charge < -0.3 is 16.0 Å². The van der Waals surface area contributed by atoms with Gasteiger partial charge in [0.05, 0.1) is 11.1 Å². The van der Waals surface area contributed by atoms with Crippen molar-refractivity contribution in [3.05, 3.63) is 83.2 Å². The van der Waals surface area contributed by atoms with Crippen molar-refractivity contribution in [2.24, 2.45) is 0 Å². The Morgan fingerprint density at radius 2 is 1.87 bits per heavy atom. The molecule has 160 valence electrons. The van der Waals surface area contributed by atoms with E-state index in [9.17, 15) is 18.0 Å². The lowest BCUT2D eigenvalue weighted by atomic mass is 10.0. The first-order valence-corrected chi connectivity index (χ1v) is 9.71. The van der Waals surface area contributed by atoms with Gasteiger partial charge >= 0.3 is 6.18 Å². The van der Waals surface area contributed by atoms with E-state index >= 15 is 0 Å². The zero-order chi connectivity index (χ0) is 22.0. The van der Waals surface area contributed by atoms with Gasteiger partial charge in [-0.25, -0.2) is 9.97 Å². The fourth-order valence-corrected chi connectivity index (χ4v) is 3.63. The van der Waals surface area contributed by atoms with E-state index in [0.717, 1.165) is 11.6 Å². The minimum absolute atomic E-state index is 0.00726. The molecule has 0 saturated carbocycles. The molecule has 1 saturated heterocycles. The number of piperazine rings is 1. The lowest BCUT2D eigenvalue weighted by Gasteiger charge is -2.35. The number of rotatable bonds is 4. The van der Waals surface area contributed by atoms with Gasteiger partial charge in [-0.3, -0.25) is 4.79 Å². The highest BCUT2D eigenvalue weighted by Crippen LogP contribution is 2.34. The minimum Gasteiger partial charge on any atom is -0.383 e. The van der Waals surface area contributed by atoms with Crippen LogP contribution in [0.15, 0.2) is 60.8 Å². The second kappa shape index (κ2) is 8.35. The zero-order valence-corrected chi connectivity index (χ0v) is 16.4. The molecule has 9 heteroatoms. The predicted octanol–water partition coefficient (Wildman–Crippen LogP) is 3.46. The molecule has 0 bridgehead atoms. The molecule has 1 fully saturated rings. The summed E-state index contributed by atoms with van der Waals surface area (Å²) in [5.41, 5.74) is 4.90. The minimum atomic E-state index is -4.73. The fourth-order valence-electron chi connectivity index (χ4n) is 3.63. The van der Waals surface area contributed by atoms with Gasteiger partial charge in [0.25, 0.3) is 0 Å². The summed E-state index contributed by atoms with van der Waals surface area (Å²) < 4.78 is 40.9. The Bertz CT molecular complexity index is 1090. The molecule has 2 aromatic heterocycles. The number of pyridine rings is 2. The summed E-state index contributed by atoms with van der Waals surface area (Å²) in [4.78, 5) is 22.8. The summed E-state index contributed by atoms with van der Waals surface area (Å²) in [6.45, 7) is 1.68. The number of hydrogen-bond donors (Lipinski definition) is 2. The maximum atomic E-state index is 13.6. The van der Waals surface area contributed by atoms with Crippen molar-refractivity contribution in [1.82, 2.24) is 15.3 Å². The normalized spacial score (nSPS) is 16.9. The SMILES string of the molecule is Nc1ncccc1C(=O)c1nc(N2CCN[C@H](c3ccccc3)C2)ccc1C(F)(F)F. The van der Waals surface area contributed by atoms with E-state index < -0.39 is 23.2 Å². The van der Waals surface area contributed by atoms with Gasteiger partial charge in [-0.2, -0.15) is 13.2 Å². The summed E-state index contributed by atoms with van der Waals surface area (Å²) in [5.74, 6) is -0.741. The number of carbonyl (C=O) groups is 1. The van der Waals surface area contributed by atoms with Crippen LogP contribution in [0.25, 0.3) is 0 Å². The topological polar surface area (TPSA) is 84.1 Å². The van der Waals surface area contributed by atoms with E-state index in [0.29, 0.717) is 25.5 Å². The van der Waals surface area contributed by atoms with Crippen LogP contribution in [0, 0.1) is 0 Å². The third-order valence-electron chi connectivity index (χ3n) is 5.19. The molecule has 4 rings (SSSR count). The Balaban J connectivity index is 1.70. The van der Waals surface area contributed by atoms with Crippen LogP contribution in [0.2, 0.25) is 0 Å². The highest BCUT2D eigenvalue weighted by molar-refractivity contribution is 6.11. The van der Waals surface area contributed by atoms with Crippen LogP contribution in [0.1, 0.15) is 33.2 Å². The van der Waals surface area contributed by atoms with Crippen molar-refractivity contribution in [3.8, 4) is 0 Å². The van der Waals surface area contributed by atoms with E-state index in [-0.39, 0.29) is 17.4 Å². The number of nitrogens with one attached hydrogen (secondary N) is 1. The van der Waals surface area contributed by atoms with E-state index in [1.54, 1.807) is 0 Å². The molecule has 3 heterocycles. The summed E-state index contributed by atoms with van der Waals surface area (Å²) in [6.07, 6.45) is -3.37. The van der Waals surface area contributed by atoms with Crippen LogP contribution in [0.4, 0.5) is 24.8 Å². The van der Waals surface area contributed by atoms with Gasteiger partial charge in [-0.05, 0) is 29.8 Å². The molecule has 0 aliphatic carbocycles. The molecule has 0 spiro atoms. The largest absolute Gasteiger partial charge is 0.418 e. The lowest BCUT2D eigenvalue weighted by Crippen LogP contribution is -2.46. The second-order valence-corrected chi connectivity index (χ2v) is 7.19. The lowest BCUT2D eigenvalue weighted by molar-refractivity contribution is -0.138. The highest BCUT2D eigenvalue weighted by Gasteiger charge is 2.37. The molecule has 1 aliphatic rings. The summed E-state index contributed by atoms with van der Waals surface area (Å²) in [7, 11) is 0. The molecule has 1 atom stereocenters. The van der Waals surface area contributed by atoms with E-state index in [2.05, 4.69) is 15.3 Å². The highest BCUT2D eigenvalue weighted by atomic mass is 19.4. The molecular formula is C22H20F3N5O. The average Bonchev–Trinajstić information content (AvgIpc) is 2.78. The third-order valence-corrected chi connectivity index (χ3v) is 5.19. The van der Waals surface area contributed by atoms with Gasteiger partial charge in [0, 0.05) is 31.9 Å². The van der Waals surface area contributed by atoms with Crippen molar-refractivity contribution in [2.75, 3.05) is 30.3 Å². The first-order valence-electron chi connectivity index (χ1n) is 9.71. The maximum absolute atomic E-state index is 13.6. The first-order chi connectivity index (χ1) is 14.8. The number of carbonyl (C=O) groups excluding carboxylic acids is 1. The van der Waals surface area contributed by atoms with Crippen LogP contribution in [-0.2, 0) is 6.18 Å². The number of aromatic nitrogens is 2. The number of anilines is 2. The third kappa shape index (κ3) is 4.36. The van der Waals surface area contributed by atoms with Crippen LogP contribution in [-0.4, -0.2) is 35.4 Å². The van der Waals surface area contributed by atoms with Crippen molar-refractivity contribution in [2.45, 2.75) is 12.2 Å². The smallest absolute Gasteiger partial charge is 0.383 e. The Hall–Kier alpha value is -3.46. The number of alkyl halides is 3. The maximum Gasteiger partial charge on any atom is 0.418 e. The number of nitrogen functional groups attached to an aromatic ring is 1. The number of nitrogens with zero attached hydrogens (tertiary/aromatic N) is 3. The molecular weight excluding hydrogens is 407 g/mol. The van der Waals surface area contributed by atoms with Gasteiger partial charge in [-0.15, -0.1) is 0 Å². The molecule has 1 aliphatic heterocycles. The number of ketones is 1. The van der Waals surface area contributed by atoms with E-state index in [1.807, 2.05) is 35.2 Å². The molecule has 0 amide bonds. The fraction of sp³-hybridized carbons (Fsp3) is 0.227.